The number of carbonyl (C=O) groups excluding carboxylic acids is 1. The van der Waals surface area contributed by atoms with Crippen molar-refractivity contribution in [2.75, 3.05) is 6.61 Å². The summed E-state index contributed by atoms with van der Waals surface area (Å²) >= 11 is 0. The van der Waals surface area contributed by atoms with E-state index in [9.17, 15) is 9.90 Å². The summed E-state index contributed by atoms with van der Waals surface area (Å²) in [6, 6.07) is 0. The third kappa shape index (κ3) is 12.7. The molecule has 10 nitrogen and oxygen atoms in total. The molecule has 0 aromatic rings. The molecule has 1 aliphatic carbocycles. The Kier molecular flexibility index (Phi) is 15.2. The average molecular weight is 398 g/mol. The van der Waals surface area contributed by atoms with Crippen LogP contribution in [0.3, 0.4) is 0 Å². The minimum Gasteiger partial charge on any atom is -0.450 e. The Morgan fingerprint density at radius 1 is 1.07 bits per heavy atom. The lowest BCUT2D eigenvalue weighted by atomic mass is 9.75. The van der Waals surface area contributed by atoms with Crippen molar-refractivity contribution in [3.05, 3.63) is 0 Å². The van der Waals surface area contributed by atoms with Crippen LogP contribution in [-0.4, -0.2) is 90.4 Å². The lowest BCUT2D eigenvalue weighted by molar-refractivity contribution is -0.136. The van der Waals surface area contributed by atoms with E-state index in [2.05, 4.69) is 20.8 Å². The molecule has 1 saturated carbocycles. The highest BCUT2D eigenvalue weighted by Crippen LogP contribution is 2.33. The molecule has 7 atom stereocenters. The van der Waals surface area contributed by atoms with Gasteiger partial charge < -0.3 is 45.6 Å². The lowest BCUT2D eigenvalue weighted by Crippen LogP contribution is -2.46. The number of aliphatic hydroxyl groups excluding tert-OH is 6. The molecule has 0 bridgehead atoms. The van der Waals surface area contributed by atoms with Gasteiger partial charge in [-0.1, -0.05) is 27.2 Å². The van der Waals surface area contributed by atoms with Crippen molar-refractivity contribution in [2.24, 2.45) is 17.8 Å². The summed E-state index contributed by atoms with van der Waals surface area (Å²) in [4.78, 5) is 18.5. The summed E-state index contributed by atoms with van der Waals surface area (Å²) in [5.41, 5.74) is 0. The third-order valence-corrected chi connectivity index (χ3v) is 4.41. The number of rotatable bonds is 6. The van der Waals surface area contributed by atoms with E-state index >= 15 is 0 Å². The second-order valence-electron chi connectivity index (χ2n) is 7.03. The van der Waals surface area contributed by atoms with Crippen LogP contribution in [0.4, 0.5) is 4.79 Å². The van der Waals surface area contributed by atoms with Gasteiger partial charge in [0.1, 0.15) is 24.4 Å². The zero-order valence-corrected chi connectivity index (χ0v) is 15.9. The molecule has 1 aliphatic rings. The van der Waals surface area contributed by atoms with Crippen LogP contribution >= 0.6 is 0 Å². The van der Waals surface area contributed by atoms with Crippen molar-refractivity contribution in [3.8, 4) is 0 Å². The van der Waals surface area contributed by atoms with E-state index in [1.165, 1.54) is 12.8 Å². The van der Waals surface area contributed by atoms with E-state index in [0.717, 1.165) is 12.3 Å². The predicted molar refractivity (Wildman–Crippen MR) is 95.2 cm³/mol. The van der Waals surface area contributed by atoms with Crippen molar-refractivity contribution in [1.29, 1.82) is 0 Å². The second-order valence-corrected chi connectivity index (χ2v) is 7.03. The Morgan fingerprint density at radius 3 is 1.89 bits per heavy atom. The summed E-state index contributed by atoms with van der Waals surface area (Å²) in [5, 5.41) is 67.2. The van der Waals surface area contributed by atoms with Crippen molar-refractivity contribution in [2.45, 2.75) is 70.6 Å². The number of carbonyl (C=O) groups is 2. The summed E-state index contributed by atoms with van der Waals surface area (Å²) in [5.74, 6) is 1.95. The summed E-state index contributed by atoms with van der Waals surface area (Å²) in [7, 11) is 0. The van der Waals surface area contributed by atoms with Gasteiger partial charge in [-0.25, -0.2) is 4.79 Å². The maximum absolute atomic E-state index is 9.90. The molecule has 0 aromatic carbocycles. The Hall–Kier alpha value is -1.30. The Morgan fingerprint density at radius 2 is 1.56 bits per heavy atom. The summed E-state index contributed by atoms with van der Waals surface area (Å²) in [6.45, 7) is 5.90. The molecule has 3 unspecified atom stereocenters. The van der Waals surface area contributed by atoms with Gasteiger partial charge in [0.25, 0.3) is 0 Å². The first kappa shape index (κ1) is 27.9. The smallest absolute Gasteiger partial charge is 0.450 e. The number of carboxylic acid groups (broad SMARTS) is 2. The zero-order chi connectivity index (χ0) is 21.7. The van der Waals surface area contributed by atoms with Crippen LogP contribution in [-0.2, 0) is 4.79 Å². The molecule has 0 aliphatic heterocycles. The highest BCUT2D eigenvalue weighted by atomic mass is 16.6. The maximum Gasteiger partial charge on any atom is 0.503 e. The first-order valence-corrected chi connectivity index (χ1v) is 8.77. The minimum atomic E-state index is -1.83. The van der Waals surface area contributed by atoms with Gasteiger partial charge in [0.05, 0.1) is 12.7 Å². The van der Waals surface area contributed by atoms with Crippen LogP contribution in [0.25, 0.3) is 0 Å². The molecule has 162 valence electrons. The van der Waals surface area contributed by atoms with Gasteiger partial charge >= 0.3 is 6.16 Å². The number of hydrogen-bond acceptors (Lipinski definition) is 8. The Balaban J connectivity index is 0. The fraction of sp³-hybridized carbons (Fsp3) is 0.882. The van der Waals surface area contributed by atoms with Crippen LogP contribution in [0.2, 0.25) is 0 Å². The molecule has 0 saturated heterocycles. The number of aliphatic hydroxyl groups is 6. The van der Waals surface area contributed by atoms with Crippen molar-refractivity contribution < 1.29 is 50.4 Å². The van der Waals surface area contributed by atoms with E-state index in [1.807, 2.05) is 0 Å². The van der Waals surface area contributed by atoms with Gasteiger partial charge in [0, 0.05) is 0 Å². The predicted octanol–water partition coefficient (Wildman–Crippen LogP) is -0.717. The van der Waals surface area contributed by atoms with Gasteiger partial charge in [0.2, 0.25) is 0 Å². The lowest BCUT2D eigenvalue weighted by Gasteiger charge is -2.33. The molecule has 0 heterocycles. The fourth-order valence-electron chi connectivity index (χ4n) is 2.77. The monoisotopic (exact) mass is 398 g/mol. The van der Waals surface area contributed by atoms with Crippen LogP contribution in [0.15, 0.2) is 0 Å². The molecular weight excluding hydrogens is 364 g/mol. The van der Waals surface area contributed by atoms with E-state index in [0.29, 0.717) is 11.8 Å². The highest BCUT2D eigenvalue weighted by Gasteiger charge is 2.29. The molecule has 8 N–H and O–H groups in total. The van der Waals surface area contributed by atoms with Crippen molar-refractivity contribution in [3.63, 3.8) is 0 Å². The Labute approximate surface area is 158 Å². The maximum atomic E-state index is 9.90. The standard InChI is InChI=1S/C10H20O.C6H12O6.CH2O3/c1-7(2)9-5-4-8(3)6-10(9)11;7-1-3(9)5(11)6(12)4(10)2-8;2-1(3)4/h7-11H,4-6H2,1-3H3;1,3-6,8-12H,2H2;(H2,2,3,4)/t;3-,4+,5+,6+;/m.0./s1. The van der Waals surface area contributed by atoms with Crippen LogP contribution in [0.1, 0.15) is 40.0 Å². The van der Waals surface area contributed by atoms with Gasteiger partial charge in [-0.05, 0) is 30.6 Å². The largest absolute Gasteiger partial charge is 0.503 e. The average Bonchev–Trinajstić information content (AvgIpc) is 2.58. The first-order chi connectivity index (χ1) is 12.4. The van der Waals surface area contributed by atoms with Gasteiger partial charge in [-0.3, -0.25) is 0 Å². The molecule has 0 aromatic heterocycles. The van der Waals surface area contributed by atoms with Gasteiger partial charge in [-0.2, -0.15) is 0 Å². The number of aldehydes is 1. The van der Waals surface area contributed by atoms with Gasteiger partial charge in [0.15, 0.2) is 6.29 Å². The minimum absolute atomic E-state index is 0.0258. The van der Waals surface area contributed by atoms with E-state index in [1.54, 1.807) is 0 Å². The molecule has 1 fully saturated rings. The Bertz CT molecular complexity index is 399. The summed E-state index contributed by atoms with van der Waals surface area (Å²) < 4.78 is 0. The molecule has 27 heavy (non-hydrogen) atoms. The van der Waals surface area contributed by atoms with Crippen LogP contribution in [0.5, 0.6) is 0 Å². The third-order valence-electron chi connectivity index (χ3n) is 4.41. The van der Waals surface area contributed by atoms with E-state index in [-0.39, 0.29) is 12.4 Å². The van der Waals surface area contributed by atoms with Gasteiger partial charge in [-0.15, -0.1) is 0 Å². The quantitative estimate of drug-likeness (QED) is 0.264. The highest BCUT2D eigenvalue weighted by molar-refractivity contribution is 5.56. The van der Waals surface area contributed by atoms with Crippen LogP contribution < -0.4 is 0 Å². The molecule has 0 radical (unpaired) electrons. The molecule has 0 amide bonds. The topological polar surface area (TPSA) is 196 Å². The SMILES string of the molecule is CC1CCC(C(C)C)C(O)C1.O=C(O)O.O=C[C@H](O)[C@@H](O)[C@H](O)[C@H](O)CO. The summed E-state index contributed by atoms with van der Waals surface area (Å²) in [6.07, 6.45) is -5.16. The number of hydrogen-bond donors (Lipinski definition) is 8. The molecular formula is C17H34O10. The second kappa shape index (κ2) is 14.7. The molecule has 0 spiro atoms. The van der Waals surface area contributed by atoms with E-state index < -0.39 is 37.2 Å². The van der Waals surface area contributed by atoms with Crippen LogP contribution in [0, 0.1) is 17.8 Å². The van der Waals surface area contributed by atoms with Crippen molar-refractivity contribution in [1.82, 2.24) is 0 Å². The van der Waals surface area contributed by atoms with E-state index in [4.69, 9.17) is 40.5 Å². The normalized spacial score (nSPS) is 26.4. The molecule has 1 rings (SSSR count). The fourth-order valence-corrected chi connectivity index (χ4v) is 2.77. The first-order valence-electron chi connectivity index (χ1n) is 8.77. The molecule has 10 heteroatoms. The van der Waals surface area contributed by atoms with Crippen molar-refractivity contribution >= 4 is 12.4 Å². The zero-order valence-electron chi connectivity index (χ0n) is 15.9.